The van der Waals surface area contributed by atoms with Crippen LogP contribution in [0.25, 0.3) is 0 Å². The Bertz CT molecular complexity index is 461. The summed E-state index contributed by atoms with van der Waals surface area (Å²) in [6.07, 6.45) is 7.60. The molecule has 0 aromatic carbocycles. The van der Waals surface area contributed by atoms with Gasteiger partial charge in [-0.1, -0.05) is 12.8 Å². The molecule has 0 aliphatic heterocycles. The van der Waals surface area contributed by atoms with E-state index in [9.17, 15) is 0 Å². The molecule has 1 aromatic rings. The van der Waals surface area contributed by atoms with Gasteiger partial charge in [0.25, 0.3) is 0 Å². The molecule has 2 rings (SSSR count). The second kappa shape index (κ2) is 12.0. The van der Waals surface area contributed by atoms with Gasteiger partial charge in [0.15, 0.2) is 5.96 Å². The molecule has 23 heavy (non-hydrogen) atoms. The van der Waals surface area contributed by atoms with Gasteiger partial charge in [-0.3, -0.25) is 4.99 Å². The molecule has 1 saturated carbocycles. The van der Waals surface area contributed by atoms with Crippen molar-refractivity contribution in [3.8, 4) is 0 Å². The minimum absolute atomic E-state index is 0. The van der Waals surface area contributed by atoms with Crippen LogP contribution in [0.5, 0.6) is 0 Å². The molecule has 132 valence electrons. The Morgan fingerprint density at radius 3 is 2.74 bits per heavy atom. The molecule has 0 spiro atoms. The molecule has 1 fully saturated rings. The highest BCUT2D eigenvalue weighted by molar-refractivity contribution is 14.0. The van der Waals surface area contributed by atoms with Crippen molar-refractivity contribution < 1.29 is 4.74 Å². The van der Waals surface area contributed by atoms with Gasteiger partial charge in [0, 0.05) is 38.5 Å². The molecule has 0 unspecified atom stereocenters. The number of aryl methyl sites for hydroxylation is 1. The molecule has 5 nitrogen and oxygen atoms in total. The maximum Gasteiger partial charge on any atom is 0.190 e. The van der Waals surface area contributed by atoms with E-state index in [4.69, 9.17) is 4.74 Å². The molecule has 1 aromatic heterocycles. The van der Waals surface area contributed by atoms with E-state index in [2.05, 4.69) is 26.0 Å². The van der Waals surface area contributed by atoms with Gasteiger partial charge in [0.2, 0.25) is 0 Å². The maximum atomic E-state index is 5.85. The summed E-state index contributed by atoms with van der Waals surface area (Å²) in [5.41, 5.74) is 1.15. The smallest absolute Gasteiger partial charge is 0.190 e. The summed E-state index contributed by atoms with van der Waals surface area (Å²) < 4.78 is 5.85. The lowest BCUT2D eigenvalue weighted by atomic mass is 10.3. The number of aliphatic imine (C=N–C) groups is 1. The van der Waals surface area contributed by atoms with Crippen LogP contribution in [0.3, 0.4) is 0 Å². The Hall–Kier alpha value is -0.410. The molecular weight excluding hydrogens is 423 g/mol. The normalized spacial score (nSPS) is 15.5. The zero-order valence-corrected chi connectivity index (χ0v) is 17.3. The summed E-state index contributed by atoms with van der Waals surface area (Å²) >= 11 is 1.70. The van der Waals surface area contributed by atoms with Gasteiger partial charge in [-0.25, -0.2) is 4.98 Å². The fourth-order valence-electron chi connectivity index (χ4n) is 2.64. The van der Waals surface area contributed by atoms with E-state index in [0.717, 1.165) is 49.2 Å². The first kappa shape index (κ1) is 20.6. The standard InChI is InChI=1S/C16H28N4OS.HI/c1-13-20-14(12-22-13)8-10-19-16(17-2)18-9-5-11-21-15-6-3-4-7-15;/h12,15H,3-11H2,1-2H3,(H2,17,18,19);1H. The third-order valence-electron chi connectivity index (χ3n) is 3.83. The molecule has 1 aliphatic carbocycles. The molecule has 0 radical (unpaired) electrons. The quantitative estimate of drug-likeness (QED) is 0.276. The number of hydrogen-bond acceptors (Lipinski definition) is 4. The third kappa shape index (κ3) is 8.30. The lowest BCUT2D eigenvalue weighted by molar-refractivity contribution is 0.0574. The number of thiazole rings is 1. The fourth-order valence-corrected chi connectivity index (χ4v) is 3.28. The highest BCUT2D eigenvalue weighted by atomic mass is 127. The topological polar surface area (TPSA) is 58.5 Å². The van der Waals surface area contributed by atoms with Gasteiger partial charge in [-0.15, -0.1) is 35.3 Å². The Kier molecular flexibility index (Phi) is 10.8. The number of guanidine groups is 1. The number of nitrogens with zero attached hydrogens (tertiary/aromatic N) is 2. The van der Waals surface area contributed by atoms with Crippen molar-refractivity contribution in [2.45, 2.75) is 51.6 Å². The highest BCUT2D eigenvalue weighted by Crippen LogP contribution is 2.20. The number of hydrogen-bond donors (Lipinski definition) is 2. The van der Waals surface area contributed by atoms with Crippen LogP contribution in [-0.2, 0) is 11.2 Å². The summed E-state index contributed by atoms with van der Waals surface area (Å²) in [5, 5.41) is 9.89. The van der Waals surface area contributed by atoms with Crippen LogP contribution in [-0.4, -0.2) is 43.8 Å². The second-order valence-corrected chi connectivity index (χ2v) is 6.73. The van der Waals surface area contributed by atoms with Gasteiger partial charge >= 0.3 is 0 Å². The molecule has 0 bridgehead atoms. The largest absolute Gasteiger partial charge is 0.378 e. The fraction of sp³-hybridized carbons (Fsp3) is 0.750. The van der Waals surface area contributed by atoms with Crippen LogP contribution >= 0.6 is 35.3 Å². The first-order valence-electron chi connectivity index (χ1n) is 8.25. The Balaban J connectivity index is 0.00000264. The molecular formula is C16H29IN4OS. The van der Waals surface area contributed by atoms with E-state index in [1.807, 2.05) is 6.92 Å². The van der Waals surface area contributed by atoms with E-state index in [0.29, 0.717) is 6.10 Å². The van der Waals surface area contributed by atoms with E-state index in [1.54, 1.807) is 18.4 Å². The SMILES string of the molecule is CN=C(NCCCOC1CCCC1)NCCc1csc(C)n1.I. The van der Waals surface area contributed by atoms with E-state index in [-0.39, 0.29) is 24.0 Å². The number of aromatic nitrogens is 1. The van der Waals surface area contributed by atoms with Gasteiger partial charge in [0.05, 0.1) is 16.8 Å². The van der Waals surface area contributed by atoms with Crippen LogP contribution < -0.4 is 10.6 Å². The first-order valence-corrected chi connectivity index (χ1v) is 9.13. The number of ether oxygens (including phenoxy) is 1. The van der Waals surface area contributed by atoms with Gasteiger partial charge < -0.3 is 15.4 Å². The first-order chi connectivity index (χ1) is 10.8. The second-order valence-electron chi connectivity index (χ2n) is 5.66. The van der Waals surface area contributed by atoms with Crippen LogP contribution in [0.4, 0.5) is 0 Å². The Labute approximate surface area is 160 Å². The number of nitrogens with one attached hydrogen (secondary N) is 2. The van der Waals surface area contributed by atoms with Crippen molar-refractivity contribution in [3.05, 3.63) is 16.1 Å². The maximum absolute atomic E-state index is 5.85. The van der Waals surface area contributed by atoms with Crippen LogP contribution in [0.15, 0.2) is 10.4 Å². The van der Waals surface area contributed by atoms with Crippen LogP contribution in [0.1, 0.15) is 42.8 Å². The lowest BCUT2D eigenvalue weighted by Gasteiger charge is -2.13. The van der Waals surface area contributed by atoms with Crippen LogP contribution in [0.2, 0.25) is 0 Å². The third-order valence-corrected chi connectivity index (χ3v) is 4.66. The van der Waals surface area contributed by atoms with Gasteiger partial charge in [-0.2, -0.15) is 0 Å². The average Bonchev–Trinajstić information content (AvgIpc) is 3.17. The molecule has 2 N–H and O–H groups in total. The predicted molar refractivity (Wildman–Crippen MR) is 108 cm³/mol. The van der Waals surface area contributed by atoms with Crippen molar-refractivity contribution in [1.29, 1.82) is 0 Å². The van der Waals surface area contributed by atoms with Crippen LogP contribution in [0, 0.1) is 6.92 Å². The Morgan fingerprint density at radius 2 is 2.09 bits per heavy atom. The van der Waals surface area contributed by atoms with Gasteiger partial charge in [0.1, 0.15) is 0 Å². The molecule has 1 aliphatic rings. The Morgan fingerprint density at radius 1 is 1.35 bits per heavy atom. The summed E-state index contributed by atoms with van der Waals surface area (Å²) in [5.74, 6) is 0.854. The summed E-state index contributed by atoms with van der Waals surface area (Å²) in [4.78, 5) is 8.69. The molecule has 1 heterocycles. The monoisotopic (exact) mass is 452 g/mol. The minimum atomic E-state index is 0. The molecule has 0 saturated heterocycles. The molecule has 7 heteroatoms. The number of rotatable bonds is 8. The van der Waals surface area contributed by atoms with Crippen molar-refractivity contribution in [3.63, 3.8) is 0 Å². The van der Waals surface area contributed by atoms with Gasteiger partial charge in [-0.05, 0) is 26.2 Å². The average molecular weight is 452 g/mol. The van der Waals surface area contributed by atoms with Crippen molar-refractivity contribution in [1.82, 2.24) is 15.6 Å². The highest BCUT2D eigenvalue weighted by Gasteiger charge is 2.14. The minimum Gasteiger partial charge on any atom is -0.378 e. The van der Waals surface area contributed by atoms with E-state index < -0.39 is 0 Å². The predicted octanol–water partition coefficient (Wildman–Crippen LogP) is 3.13. The number of halogens is 1. The molecule has 0 amide bonds. The molecule has 0 atom stereocenters. The van der Waals surface area contributed by atoms with Crippen molar-refractivity contribution in [2.75, 3.05) is 26.7 Å². The zero-order chi connectivity index (χ0) is 15.6. The summed E-state index contributed by atoms with van der Waals surface area (Å²) in [6, 6.07) is 0. The lowest BCUT2D eigenvalue weighted by Crippen LogP contribution is -2.39. The van der Waals surface area contributed by atoms with Crippen molar-refractivity contribution >= 4 is 41.3 Å². The van der Waals surface area contributed by atoms with E-state index >= 15 is 0 Å². The summed E-state index contributed by atoms with van der Waals surface area (Å²) in [7, 11) is 1.80. The van der Waals surface area contributed by atoms with Crippen molar-refractivity contribution in [2.24, 2.45) is 4.99 Å². The summed E-state index contributed by atoms with van der Waals surface area (Å²) in [6.45, 7) is 4.62. The zero-order valence-electron chi connectivity index (χ0n) is 14.1. The van der Waals surface area contributed by atoms with E-state index in [1.165, 1.54) is 25.7 Å².